The fraction of sp³-hybridized carbons (Fsp3) is 0.500. The van der Waals surface area contributed by atoms with Gasteiger partial charge in [0.1, 0.15) is 0 Å². The zero-order chi connectivity index (χ0) is 21.1. The van der Waals surface area contributed by atoms with Crippen molar-refractivity contribution in [2.45, 2.75) is 32.4 Å². The minimum atomic E-state index is -0.250. The van der Waals surface area contributed by atoms with Crippen LogP contribution in [-0.4, -0.2) is 64.0 Å². The third kappa shape index (κ3) is 4.24. The lowest BCUT2D eigenvalue weighted by atomic mass is 9.83. The molecule has 29 heavy (non-hydrogen) atoms. The van der Waals surface area contributed by atoms with Crippen LogP contribution in [-0.2, 0) is 17.9 Å². The van der Waals surface area contributed by atoms with Crippen LogP contribution >= 0.6 is 0 Å². The van der Waals surface area contributed by atoms with E-state index >= 15 is 0 Å². The third-order valence-corrected chi connectivity index (χ3v) is 5.40. The second kappa shape index (κ2) is 8.60. The largest absolute Gasteiger partial charge is 0.483 e. The molecular formula is C20H26N4O5. The maximum atomic E-state index is 12.9. The molecule has 2 bridgehead atoms. The first-order valence-corrected chi connectivity index (χ1v) is 9.50. The van der Waals surface area contributed by atoms with Crippen molar-refractivity contribution in [3.8, 4) is 0 Å². The number of aryl methyl sites for hydroxylation is 1. The van der Waals surface area contributed by atoms with Crippen LogP contribution in [0.15, 0.2) is 27.7 Å². The Morgan fingerprint density at radius 2 is 2.07 bits per heavy atom. The van der Waals surface area contributed by atoms with Crippen LogP contribution < -0.4 is 5.56 Å². The molecule has 4 rings (SSSR count). The Kier molecular flexibility index (Phi) is 6.17. The maximum Gasteiger partial charge on any atom is 0.291 e. The minimum absolute atomic E-state index is 0.102. The van der Waals surface area contributed by atoms with Gasteiger partial charge in [0, 0.05) is 43.4 Å². The normalized spacial score (nSPS) is 19.9. The third-order valence-electron chi connectivity index (χ3n) is 5.40. The van der Waals surface area contributed by atoms with Crippen molar-refractivity contribution in [2.24, 2.45) is 5.92 Å². The van der Waals surface area contributed by atoms with Gasteiger partial charge >= 0.3 is 0 Å². The molecule has 2 aromatic heterocycles. The quantitative estimate of drug-likeness (QED) is 0.768. The first-order chi connectivity index (χ1) is 13.8. The summed E-state index contributed by atoms with van der Waals surface area (Å²) < 4.78 is 7.21. The summed E-state index contributed by atoms with van der Waals surface area (Å²) in [5.41, 5.74) is 2.59. The molecular weight excluding hydrogens is 376 g/mol. The highest BCUT2D eigenvalue weighted by Crippen LogP contribution is 2.35. The minimum Gasteiger partial charge on any atom is -0.483 e. The molecule has 2 aromatic rings. The number of amides is 1. The first kappa shape index (κ1) is 20.8. The van der Waals surface area contributed by atoms with Crippen LogP contribution in [0.3, 0.4) is 0 Å². The van der Waals surface area contributed by atoms with Gasteiger partial charge in [0.2, 0.25) is 5.76 Å². The summed E-state index contributed by atoms with van der Waals surface area (Å²) >= 11 is 0. The number of hydrogen-bond acceptors (Lipinski definition) is 6. The first-order valence-electron chi connectivity index (χ1n) is 9.50. The van der Waals surface area contributed by atoms with Gasteiger partial charge in [-0.2, -0.15) is 0 Å². The van der Waals surface area contributed by atoms with Crippen molar-refractivity contribution in [3.63, 3.8) is 0 Å². The summed E-state index contributed by atoms with van der Waals surface area (Å²) in [6, 6.07) is 4.00. The molecule has 1 amide bonds. The van der Waals surface area contributed by atoms with Gasteiger partial charge in [-0.25, -0.2) is 4.98 Å². The highest BCUT2D eigenvalue weighted by Gasteiger charge is 2.37. The van der Waals surface area contributed by atoms with Crippen LogP contribution in [0.5, 0.6) is 0 Å². The van der Waals surface area contributed by atoms with Gasteiger partial charge in [-0.05, 0) is 39.4 Å². The number of aromatic nitrogens is 2. The van der Waals surface area contributed by atoms with Gasteiger partial charge in [0.05, 0.1) is 5.69 Å². The molecule has 0 radical (unpaired) electrons. The monoisotopic (exact) mass is 402 g/mol. The number of pyridine rings is 1. The fourth-order valence-corrected chi connectivity index (χ4v) is 4.27. The molecule has 2 aliphatic rings. The predicted octanol–water partition coefficient (Wildman–Crippen LogP) is 1.17. The number of carbonyl (C=O) groups excluding carboxylic acids is 1. The average molecular weight is 402 g/mol. The van der Waals surface area contributed by atoms with Crippen molar-refractivity contribution >= 4 is 12.4 Å². The number of oxazole rings is 1. The number of carboxylic acid groups (broad SMARTS) is 1. The average Bonchev–Trinajstić information content (AvgIpc) is 3.10. The van der Waals surface area contributed by atoms with E-state index in [-0.39, 0.29) is 23.9 Å². The molecule has 4 heterocycles. The van der Waals surface area contributed by atoms with Gasteiger partial charge in [0.25, 0.3) is 17.9 Å². The van der Waals surface area contributed by atoms with E-state index in [1.807, 2.05) is 34.5 Å². The number of nitrogens with zero attached hydrogens (tertiary/aromatic N) is 4. The summed E-state index contributed by atoms with van der Waals surface area (Å²) in [4.78, 5) is 41.9. The smallest absolute Gasteiger partial charge is 0.291 e. The van der Waals surface area contributed by atoms with Crippen molar-refractivity contribution in [1.29, 1.82) is 0 Å². The molecule has 156 valence electrons. The SMILES string of the molecule is Cc1ncoc1C(=O)N1C[C@@H]2C[C@H](C1)c1ccc(CN(C)C)c(=O)n1C2.O=CO. The van der Waals surface area contributed by atoms with E-state index in [2.05, 4.69) is 11.1 Å². The van der Waals surface area contributed by atoms with Crippen LogP contribution in [0.4, 0.5) is 0 Å². The van der Waals surface area contributed by atoms with Crippen LogP contribution in [0.2, 0.25) is 0 Å². The van der Waals surface area contributed by atoms with Crippen molar-refractivity contribution in [1.82, 2.24) is 19.4 Å². The molecule has 9 heteroatoms. The molecule has 1 saturated heterocycles. The number of piperidine rings is 1. The Balaban J connectivity index is 0.000000755. The molecule has 1 N–H and O–H groups in total. The van der Waals surface area contributed by atoms with Crippen molar-refractivity contribution in [3.05, 3.63) is 51.6 Å². The highest BCUT2D eigenvalue weighted by atomic mass is 16.4. The summed E-state index contributed by atoms with van der Waals surface area (Å²) in [6.45, 7) is 4.11. The summed E-state index contributed by atoms with van der Waals surface area (Å²) in [6.07, 6.45) is 2.33. The van der Waals surface area contributed by atoms with Crippen molar-refractivity contribution in [2.75, 3.05) is 27.2 Å². The van der Waals surface area contributed by atoms with E-state index in [0.717, 1.165) is 17.7 Å². The van der Waals surface area contributed by atoms with Gasteiger partial charge in [-0.1, -0.05) is 6.07 Å². The van der Waals surface area contributed by atoms with Gasteiger partial charge in [-0.15, -0.1) is 0 Å². The van der Waals surface area contributed by atoms with Crippen molar-refractivity contribution < 1.29 is 19.1 Å². The molecule has 0 saturated carbocycles. The van der Waals surface area contributed by atoms with Gasteiger partial charge < -0.3 is 23.9 Å². The van der Waals surface area contributed by atoms with E-state index in [1.165, 1.54) is 6.39 Å². The van der Waals surface area contributed by atoms with E-state index in [0.29, 0.717) is 43.6 Å². The number of rotatable bonds is 3. The number of fused-ring (bicyclic) bond motifs is 4. The molecule has 1 fully saturated rings. The molecule has 2 atom stereocenters. The van der Waals surface area contributed by atoms with E-state index < -0.39 is 0 Å². The molecule has 0 aromatic carbocycles. The van der Waals surface area contributed by atoms with E-state index in [4.69, 9.17) is 14.3 Å². The molecule has 9 nitrogen and oxygen atoms in total. The van der Waals surface area contributed by atoms with Crippen LogP contribution in [0, 0.1) is 12.8 Å². The topological polar surface area (TPSA) is 109 Å². The Bertz CT molecular complexity index is 949. The number of carbonyl (C=O) groups is 2. The lowest BCUT2D eigenvalue weighted by Crippen LogP contribution is -2.49. The lowest BCUT2D eigenvalue weighted by Gasteiger charge is -2.42. The summed E-state index contributed by atoms with van der Waals surface area (Å²) in [5.74, 6) is 0.704. The molecule has 0 aliphatic carbocycles. The Morgan fingerprint density at radius 1 is 1.34 bits per heavy atom. The fourth-order valence-electron chi connectivity index (χ4n) is 4.27. The van der Waals surface area contributed by atoms with Crippen LogP contribution in [0.25, 0.3) is 0 Å². The Hall–Kier alpha value is -2.94. The standard InChI is InChI=1S/C19H24N4O3.CH2O2/c1-12-17(26-11-20-12)19(25)22-7-13-6-15(10-22)16-5-4-14(9-21(2)3)18(24)23(16)8-13;2-1-3/h4-5,11,13,15H,6-10H2,1-3H3;1H,(H,2,3)/t13-,15+;/m0./s1. The highest BCUT2D eigenvalue weighted by molar-refractivity contribution is 5.92. The summed E-state index contributed by atoms with van der Waals surface area (Å²) in [5, 5.41) is 6.89. The Morgan fingerprint density at radius 3 is 2.69 bits per heavy atom. The van der Waals surface area contributed by atoms with Gasteiger partial charge in [-0.3, -0.25) is 14.4 Å². The predicted molar refractivity (Wildman–Crippen MR) is 105 cm³/mol. The second-order valence-electron chi connectivity index (χ2n) is 7.82. The zero-order valence-corrected chi connectivity index (χ0v) is 16.9. The van der Waals surface area contributed by atoms with E-state index in [1.54, 1.807) is 6.92 Å². The molecule has 0 unspecified atom stereocenters. The lowest BCUT2D eigenvalue weighted by molar-refractivity contribution is -0.122. The second-order valence-corrected chi connectivity index (χ2v) is 7.82. The zero-order valence-electron chi connectivity index (χ0n) is 16.9. The van der Waals surface area contributed by atoms with Crippen LogP contribution in [0.1, 0.15) is 39.8 Å². The summed E-state index contributed by atoms with van der Waals surface area (Å²) in [7, 11) is 3.93. The number of hydrogen-bond donors (Lipinski definition) is 1. The molecule has 0 spiro atoms. The van der Waals surface area contributed by atoms with Gasteiger partial charge in [0.15, 0.2) is 6.39 Å². The molecule has 2 aliphatic heterocycles. The maximum absolute atomic E-state index is 12.9. The Labute approximate surface area is 168 Å². The van der Waals surface area contributed by atoms with E-state index in [9.17, 15) is 9.59 Å². The number of likely N-dealkylation sites (tertiary alicyclic amines) is 1.